The predicted octanol–water partition coefficient (Wildman–Crippen LogP) is 3.83. The Labute approximate surface area is 120 Å². The number of hydrogen-bond acceptors (Lipinski definition) is 5. The fraction of sp³-hybridized carbons (Fsp3) is 0.286. The third-order valence-electron chi connectivity index (χ3n) is 2.37. The number of ether oxygens (including phenoxy) is 1. The van der Waals surface area contributed by atoms with E-state index in [-0.39, 0.29) is 30.3 Å². The summed E-state index contributed by atoms with van der Waals surface area (Å²) in [7, 11) is 0. The predicted molar refractivity (Wildman–Crippen MR) is 72.4 cm³/mol. The van der Waals surface area contributed by atoms with Gasteiger partial charge in [-0.15, -0.1) is 5.11 Å². The van der Waals surface area contributed by atoms with E-state index in [1.807, 2.05) is 13.8 Å². The molecule has 0 unspecified atom stereocenters. The SMILES string of the molecule is CC(C)N=Nc1nc(OCc2ccc(F)cc2)ncc1F. The van der Waals surface area contributed by atoms with Crippen LogP contribution in [0.5, 0.6) is 6.01 Å². The van der Waals surface area contributed by atoms with E-state index < -0.39 is 5.82 Å². The molecule has 1 aromatic carbocycles. The van der Waals surface area contributed by atoms with Crippen LogP contribution < -0.4 is 4.74 Å². The zero-order valence-corrected chi connectivity index (χ0v) is 11.6. The van der Waals surface area contributed by atoms with Crippen LogP contribution in [0.1, 0.15) is 19.4 Å². The minimum atomic E-state index is -0.673. The van der Waals surface area contributed by atoms with Crippen molar-refractivity contribution in [2.75, 3.05) is 0 Å². The van der Waals surface area contributed by atoms with E-state index in [2.05, 4.69) is 20.2 Å². The van der Waals surface area contributed by atoms with Crippen molar-refractivity contribution in [2.24, 2.45) is 10.2 Å². The number of nitrogens with zero attached hydrogens (tertiary/aromatic N) is 4. The zero-order valence-electron chi connectivity index (χ0n) is 11.6. The van der Waals surface area contributed by atoms with Crippen molar-refractivity contribution < 1.29 is 13.5 Å². The van der Waals surface area contributed by atoms with Gasteiger partial charge in [-0.2, -0.15) is 10.1 Å². The molecule has 0 atom stereocenters. The maximum atomic E-state index is 13.5. The maximum absolute atomic E-state index is 13.5. The molecule has 7 heteroatoms. The molecule has 21 heavy (non-hydrogen) atoms. The maximum Gasteiger partial charge on any atom is 0.318 e. The largest absolute Gasteiger partial charge is 0.459 e. The average Bonchev–Trinajstić information content (AvgIpc) is 2.46. The van der Waals surface area contributed by atoms with Crippen LogP contribution in [-0.4, -0.2) is 16.0 Å². The van der Waals surface area contributed by atoms with Crippen molar-refractivity contribution in [3.05, 3.63) is 47.7 Å². The van der Waals surface area contributed by atoms with Gasteiger partial charge in [0.15, 0.2) is 5.82 Å². The van der Waals surface area contributed by atoms with Crippen molar-refractivity contribution in [1.82, 2.24) is 9.97 Å². The molecule has 110 valence electrons. The Morgan fingerprint density at radius 2 is 1.90 bits per heavy atom. The van der Waals surface area contributed by atoms with Crippen LogP contribution in [0.4, 0.5) is 14.6 Å². The minimum Gasteiger partial charge on any atom is -0.459 e. The van der Waals surface area contributed by atoms with Crippen molar-refractivity contribution in [1.29, 1.82) is 0 Å². The number of rotatable bonds is 5. The Morgan fingerprint density at radius 3 is 2.57 bits per heavy atom. The Balaban J connectivity index is 2.06. The molecular weight excluding hydrogens is 278 g/mol. The molecule has 0 radical (unpaired) electrons. The van der Waals surface area contributed by atoms with Crippen LogP contribution in [0, 0.1) is 11.6 Å². The van der Waals surface area contributed by atoms with Gasteiger partial charge in [-0.05, 0) is 31.5 Å². The summed E-state index contributed by atoms with van der Waals surface area (Å²) in [5.41, 5.74) is 0.745. The van der Waals surface area contributed by atoms with Crippen molar-refractivity contribution in [3.63, 3.8) is 0 Å². The fourth-order valence-corrected chi connectivity index (χ4v) is 1.38. The van der Waals surface area contributed by atoms with Crippen LogP contribution in [-0.2, 0) is 6.61 Å². The van der Waals surface area contributed by atoms with Gasteiger partial charge >= 0.3 is 6.01 Å². The number of halogens is 2. The Hall–Kier alpha value is -2.44. The molecule has 1 aromatic heterocycles. The summed E-state index contributed by atoms with van der Waals surface area (Å²) >= 11 is 0. The van der Waals surface area contributed by atoms with E-state index in [0.717, 1.165) is 11.8 Å². The van der Waals surface area contributed by atoms with E-state index in [1.165, 1.54) is 12.1 Å². The van der Waals surface area contributed by atoms with Crippen LogP contribution >= 0.6 is 0 Å². The molecule has 5 nitrogen and oxygen atoms in total. The van der Waals surface area contributed by atoms with Crippen LogP contribution in [0.15, 0.2) is 40.7 Å². The van der Waals surface area contributed by atoms with E-state index in [0.29, 0.717) is 0 Å². The van der Waals surface area contributed by atoms with Crippen molar-refractivity contribution in [2.45, 2.75) is 26.5 Å². The van der Waals surface area contributed by atoms with Gasteiger partial charge in [0.05, 0.1) is 12.2 Å². The van der Waals surface area contributed by atoms with Crippen molar-refractivity contribution >= 4 is 5.82 Å². The standard InChI is InChI=1S/C14H14F2N4O/c1-9(2)19-20-13-12(16)7-17-14(18-13)21-8-10-3-5-11(15)6-4-10/h3-7,9H,8H2,1-2H3. The minimum absolute atomic E-state index is 0.0153. The summed E-state index contributed by atoms with van der Waals surface area (Å²) < 4.78 is 31.5. The first-order valence-corrected chi connectivity index (χ1v) is 6.35. The summed E-state index contributed by atoms with van der Waals surface area (Å²) in [4.78, 5) is 7.55. The molecule has 0 aliphatic carbocycles. The lowest BCUT2D eigenvalue weighted by molar-refractivity contribution is 0.279. The van der Waals surface area contributed by atoms with Crippen LogP contribution in [0.3, 0.4) is 0 Å². The topological polar surface area (TPSA) is 59.7 Å². The van der Waals surface area contributed by atoms with Gasteiger partial charge < -0.3 is 4.74 Å². The summed E-state index contributed by atoms with van der Waals surface area (Å²) in [6.45, 7) is 3.77. The summed E-state index contributed by atoms with van der Waals surface area (Å²) in [6.07, 6.45) is 0.974. The number of hydrogen-bond donors (Lipinski definition) is 0. The second-order valence-electron chi connectivity index (χ2n) is 4.55. The third-order valence-corrected chi connectivity index (χ3v) is 2.37. The number of benzene rings is 1. The van der Waals surface area contributed by atoms with E-state index in [9.17, 15) is 8.78 Å². The molecular formula is C14H14F2N4O. The molecule has 0 bridgehead atoms. The molecule has 0 aliphatic heterocycles. The Bertz CT molecular complexity index is 629. The smallest absolute Gasteiger partial charge is 0.318 e. The van der Waals surface area contributed by atoms with Gasteiger partial charge in [0.25, 0.3) is 0 Å². The van der Waals surface area contributed by atoms with Gasteiger partial charge in [0.1, 0.15) is 12.4 Å². The lowest BCUT2D eigenvalue weighted by atomic mass is 10.2. The van der Waals surface area contributed by atoms with Gasteiger partial charge in [-0.3, -0.25) is 0 Å². The molecule has 0 fully saturated rings. The second-order valence-corrected chi connectivity index (χ2v) is 4.55. The second kappa shape index (κ2) is 6.83. The summed E-state index contributed by atoms with van der Waals surface area (Å²) in [5.74, 6) is -1.17. The lowest BCUT2D eigenvalue weighted by Gasteiger charge is -2.05. The lowest BCUT2D eigenvalue weighted by Crippen LogP contribution is -2.00. The first-order valence-electron chi connectivity index (χ1n) is 6.35. The normalized spacial score (nSPS) is 11.3. The van der Waals surface area contributed by atoms with E-state index in [1.54, 1.807) is 12.1 Å². The van der Waals surface area contributed by atoms with Gasteiger partial charge in [-0.25, -0.2) is 13.8 Å². The zero-order chi connectivity index (χ0) is 15.2. The highest BCUT2D eigenvalue weighted by Gasteiger charge is 2.08. The van der Waals surface area contributed by atoms with Gasteiger partial charge in [0.2, 0.25) is 5.82 Å². The molecule has 0 saturated heterocycles. The summed E-state index contributed by atoms with van der Waals surface area (Å²) in [6, 6.07) is 5.73. The number of azo groups is 1. The first-order chi connectivity index (χ1) is 10.0. The summed E-state index contributed by atoms with van der Waals surface area (Å²) in [5, 5.41) is 7.52. The molecule has 0 amide bonds. The highest BCUT2D eigenvalue weighted by molar-refractivity contribution is 5.27. The molecule has 0 N–H and O–H groups in total. The molecule has 0 saturated carbocycles. The number of aromatic nitrogens is 2. The molecule has 0 spiro atoms. The highest BCUT2D eigenvalue weighted by atomic mass is 19.1. The molecule has 0 aliphatic rings. The molecule has 2 aromatic rings. The quantitative estimate of drug-likeness (QED) is 0.787. The third kappa shape index (κ3) is 4.55. The Morgan fingerprint density at radius 1 is 1.19 bits per heavy atom. The monoisotopic (exact) mass is 292 g/mol. The highest BCUT2D eigenvalue weighted by Crippen LogP contribution is 2.18. The van der Waals surface area contributed by atoms with Crippen LogP contribution in [0.25, 0.3) is 0 Å². The Kier molecular flexibility index (Phi) is 4.86. The van der Waals surface area contributed by atoms with Crippen LogP contribution in [0.2, 0.25) is 0 Å². The van der Waals surface area contributed by atoms with Crippen molar-refractivity contribution in [3.8, 4) is 6.01 Å². The van der Waals surface area contributed by atoms with Gasteiger partial charge in [0, 0.05) is 0 Å². The first kappa shape index (κ1) is 15.0. The average molecular weight is 292 g/mol. The molecule has 2 rings (SSSR count). The molecule has 1 heterocycles. The van der Waals surface area contributed by atoms with Gasteiger partial charge in [-0.1, -0.05) is 12.1 Å². The fourth-order valence-electron chi connectivity index (χ4n) is 1.38. The van der Waals surface area contributed by atoms with E-state index in [4.69, 9.17) is 4.74 Å². The van der Waals surface area contributed by atoms with E-state index >= 15 is 0 Å².